The van der Waals surface area contributed by atoms with Crippen molar-refractivity contribution in [2.75, 3.05) is 0 Å². The van der Waals surface area contributed by atoms with Gasteiger partial charge < -0.3 is 4.98 Å². The lowest BCUT2D eigenvalue weighted by Crippen LogP contribution is -2.20. The molecular formula is C22H11FN4O2S. The van der Waals surface area contributed by atoms with Crippen LogP contribution in [0.5, 0.6) is 0 Å². The molecule has 0 atom stereocenters. The van der Waals surface area contributed by atoms with Gasteiger partial charge in [0.2, 0.25) is 11.6 Å². The van der Waals surface area contributed by atoms with Gasteiger partial charge in [0.15, 0.2) is 10.8 Å². The molecular weight excluding hydrogens is 403 g/mol. The summed E-state index contributed by atoms with van der Waals surface area (Å²) in [5, 5.41) is 1.88. The monoisotopic (exact) mass is 414 g/mol. The van der Waals surface area contributed by atoms with Crippen LogP contribution >= 0.6 is 11.3 Å². The molecule has 6 nitrogen and oxygen atoms in total. The molecule has 3 heterocycles. The minimum atomic E-state index is -0.344. The summed E-state index contributed by atoms with van der Waals surface area (Å²) in [5.41, 5.74) is 2.88. The number of ketones is 2. The number of fused-ring (bicyclic) bond motifs is 3. The number of carbonyl (C=O) groups excluding carboxylic acids is 2. The van der Waals surface area contributed by atoms with Crippen molar-refractivity contribution in [3.05, 3.63) is 88.4 Å². The van der Waals surface area contributed by atoms with Crippen LogP contribution in [0.3, 0.4) is 0 Å². The van der Waals surface area contributed by atoms with Crippen LogP contribution in [0.4, 0.5) is 4.39 Å². The first-order valence-electron chi connectivity index (χ1n) is 9.12. The molecule has 2 aromatic carbocycles. The zero-order chi connectivity index (χ0) is 20.4. The normalized spacial score (nSPS) is 13.0. The van der Waals surface area contributed by atoms with Crippen molar-refractivity contribution >= 4 is 27.9 Å². The average Bonchev–Trinajstić information content (AvgIpc) is 3.47. The summed E-state index contributed by atoms with van der Waals surface area (Å²) in [6.07, 6.45) is 1.84. The topological polar surface area (TPSA) is 80.1 Å². The highest BCUT2D eigenvalue weighted by Gasteiger charge is 2.34. The number of thiazole rings is 1. The van der Waals surface area contributed by atoms with E-state index in [0.717, 1.165) is 4.96 Å². The van der Waals surface area contributed by atoms with Crippen LogP contribution in [0.2, 0.25) is 0 Å². The summed E-state index contributed by atoms with van der Waals surface area (Å²) < 4.78 is 15.3. The van der Waals surface area contributed by atoms with Gasteiger partial charge in [-0.2, -0.15) is 0 Å². The second-order valence-corrected chi connectivity index (χ2v) is 7.76. The number of nitrogens with one attached hydrogen (secondary N) is 1. The molecule has 0 unspecified atom stereocenters. The van der Waals surface area contributed by atoms with Crippen molar-refractivity contribution in [1.29, 1.82) is 0 Å². The number of imidazole rings is 2. The Morgan fingerprint density at radius 2 is 1.63 bits per heavy atom. The van der Waals surface area contributed by atoms with Crippen LogP contribution < -0.4 is 0 Å². The molecule has 0 radical (unpaired) electrons. The Morgan fingerprint density at radius 3 is 2.40 bits per heavy atom. The summed E-state index contributed by atoms with van der Waals surface area (Å²) in [6, 6.07) is 12.7. The number of aromatic nitrogens is 4. The van der Waals surface area contributed by atoms with E-state index < -0.39 is 0 Å². The fraction of sp³-hybridized carbons (Fsp3) is 0. The molecule has 144 valence electrons. The van der Waals surface area contributed by atoms with Gasteiger partial charge >= 0.3 is 0 Å². The molecule has 1 aliphatic carbocycles. The second kappa shape index (κ2) is 6.04. The van der Waals surface area contributed by atoms with Gasteiger partial charge in [-0.3, -0.25) is 14.0 Å². The van der Waals surface area contributed by atoms with E-state index in [1.807, 2.05) is 16.0 Å². The van der Waals surface area contributed by atoms with Crippen LogP contribution in [0.15, 0.2) is 60.1 Å². The molecule has 0 fully saturated rings. The molecule has 0 spiro atoms. The minimum absolute atomic E-state index is 0.101. The molecule has 1 aliphatic rings. The van der Waals surface area contributed by atoms with Crippen LogP contribution in [-0.2, 0) is 0 Å². The predicted molar refractivity (Wildman–Crippen MR) is 109 cm³/mol. The summed E-state index contributed by atoms with van der Waals surface area (Å²) in [6.45, 7) is 0. The number of benzene rings is 2. The van der Waals surface area contributed by atoms with Crippen LogP contribution in [0.25, 0.3) is 27.7 Å². The van der Waals surface area contributed by atoms with E-state index in [2.05, 4.69) is 15.0 Å². The second-order valence-electron chi connectivity index (χ2n) is 6.88. The number of rotatable bonds is 2. The van der Waals surface area contributed by atoms with E-state index in [4.69, 9.17) is 0 Å². The van der Waals surface area contributed by atoms with E-state index in [0.29, 0.717) is 33.9 Å². The molecule has 0 saturated heterocycles. The molecule has 8 heteroatoms. The Hall–Kier alpha value is -3.91. The molecule has 0 aliphatic heterocycles. The van der Waals surface area contributed by atoms with E-state index in [9.17, 15) is 14.0 Å². The SMILES string of the molecule is O=C1c2ccccc2C(=O)c2[nH]c(-c3c(-c4ccc(F)cc4)nc4sccn34)nc21. The summed E-state index contributed by atoms with van der Waals surface area (Å²) in [7, 11) is 0. The minimum Gasteiger partial charge on any atom is -0.333 e. The highest BCUT2D eigenvalue weighted by molar-refractivity contribution is 7.15. The first-order valence-corrected chi connectivity index (χ1v) is 10.00. The van der Waals surface area contributed by atoms with Crippen molar-refractivity contribution in [2.24, 2.45) is 0 Å². The van der Waals surface area contributed by atoms with Gasteiger partial charge in [-0.1, -0.05) is 24.3 Å². The highest BCUT2D eigenvalue weighted by Crippen LogP contribution is 2.35. The van der Waals surface area contributed by atoms with Gasteiger partial charge in [0.1, 0.15) is 28.6 Å². The Bertz CT molecular complexity index is 1440. The number of H-pyrrole nitrogens is 1. The van der Waals surface area contributed by atoms with Gasteiger partial charge in [0.25, 0.3) is 0 Å². The lowest BCUT2D eigenvalue weighted by Gasteiger charge is -2.11. The fourth-order valence-corrected chi connectivity index (χ4v) is 4.49. The Labute approximate surface area is 172 Å². The summed E-state index contributed by atoms with van der Waals surface area (Å²) in [5.74, 6) is -0.547. The number of hydrogen-bond donors (Lipinski definition) is 1. The van der Waals surface area contributed by atoms with Crippen LogP contribution in [-0.4, -0.2) is 30.9 Å². The quantitative estimate of drug-likeness (QED) is 0.456. The third kappa shape index (κ3) is 2.28. The Morgan fingerprint density at radius 1 is 0.900 bits per heavy atom. The zero-order valence-corrected chi connectivity index (χ0v) is 16.0. The van der Waals surface area contributed by atoms with Gasteiger partial charge in [-0.15, -0.1) is 11.3 Å². The van der Waals surface area contributed by atoms with Crippen LogP contribution in [0, 0.1) is 5.82 Å². The van der Waals surface area contributed by atoms with Crippen LogP contribution in [0.1, 0.15) is 32.1 Å². The maximum atomic E-state index is 13.4. The lowest BCUT2D eigenvalue weighted by atomic mass is 9.90. The molecule has 6 rings (SSSR count). The van der Waals surface area contributed by atoms with Crippen molar-refractivity contribution < 1.29 is 14.0 Å². The van der Waals surface area contributed by atoms with E-state index in [1.54, 1.807) is 36.4 Å². The van der Waals surface area contributed by atoms with Gasteiger partial charge in [0.05, 0.1) is 0 Å². The Balaban J connectivity index is 1.59. The van der Waals surface area contributed by atoms with Gasteiger partial charge in [0, 0.05) is 28.3 Å². The highest BCUT2D eigenvalue weighted by atomic mass is 32.1. The standard InChI is InChI=1S/C22H11FN4O2S/c23-12-7-5-11(6-8-12)15-18(27-9-10-30-22(27)26-15)21-24-16-17(25-21)20(29)14-4-2-1-3-13(14)19(16)28/h1-10H,(H,24,25). The molecule has 0 amide bonds. The van der Waals surface area contributed by atoms with Crippen molar-refractivity contribution in [2.45, 2.75) is 0 Å². The number of aromatic amines is 1. The van der Waals surface area contributed by atoms with Crippen molar-refractivity contribution in [3.63, 3.8) is 0 Å². The van der Waals surface area contributed by atoms with Crippen molar-refractivity contribution in [1.82, 2.24) is 19.4 Å². The summed E-state index contributed by atoms with van der Waals surface area (Å²) >= 11 is 1.44. The largest absolute Gasteiger partial charge is 0.333 e. The predicted octanol–water partition coefficient (Wildman–Crippen LogP) is 4.37. The zero-order valence-electron chi connectivity index (χ0n) is 15.2. The smallest absolute Gasteiger partial charge is 0.214 e. The number of halogens is 1. The Kier molecular flexibility index (Phi) is 3.42. The maximum Gasteiger partial charge on any atom is 0.214 e. The maximum absolute atomic E-state index is 13.4. The molecule has 5 aromatic rings. The van der Waals surface area contributed by atoms with E-state index >= 15 is 0 Å². The first kappa shape index (κ1) is 17.0. The summed E-state index contributed by atoms with van der Waals surface area (Å²) in [4.78, 5) is 38.8. The molecule has 0 saturated carbocycles. The number of carbonyl (C=O) groups is 2. The molecule has 30 heavy (non-hydrogen) atoms. The van der Waals surface area contributed by atoms with Gasteiger partial charge in [-0.25, -0.2) is 14.4 Å². The lowest BCUT2D eigenvalue weighted by molar-refractivity contribution is 0.0974. The van der Waals surface area contributed by atoms with E-state index in [1.165, 1.54) is 23.5 Å². The van der Waals surface area contributed by atoms with Gasteiger partial charge in [-0.05, 0) is 24.3 Å². The fourth-order valence-electron chi connectivity index (χ4n) is 3.78. The third-order valence-electron chi connectivity index (χ3n) is 5.17. The van der Waals surface area contributed by atoms with E-state index in [-0.39, 0.29) is 28.8 Å². The molecule has 3 aromatic heterocycles. The third-order valence-corrected chi connectivity index (χ3v) is 5.92. The number of hydrogen-bond acceptors (Lipinski definition) is 5. The number of nitrogens with zero attached hydrogens (tertiary/aromatic N) is 3. The molecule has 1 N–H and O–H groups in total. The first-order chi connectivity index (χ1) is 14.6. The molecule has 0 bridgehead atoms. The average molecular weight is 414 g/mol. The van der Waals surface area contributed by atoms with Crippen molar-refractivity contribution in [3.8, 4) is 22.8 Å².